The highest BCUT2D eigenvalue weighted by atomic mass is 16.4. The van der Waals surface area contributed by atoms with Crippen molar-refractivity contribution < 1.29 is 14.7 Å². The fourth-order valence-electron chi connectivity index (χ4n) is 2.12. The summed E-state index contributed by atoms with van der Waals surface area (Å²) < 4.78 is 0. The number of hydrogen-bond acceptors (Lipinski definition) is 2. The van der Waals surface area contributed by atoms with E-state index in [2.05, 4.69) is 24.4 Å². The Morgan fingerprint density at radius 2 is 1.62 bits per heavy atom. The molecule has 0 aliphatic heterocycles. The molecule has 0 heterocycles. The Labute approximate surface area is 126 Å². The zero-order valence-electron chi connectivity index (χ0n) is 12.7. The molecule has 0 saturated carbocycles. The van der Waals surface area contributed by atoms with Crippen molar-refractivity contribution in [2.75, 3.05) is 6.54 Å². The van der Waals surface area contributed by atoms with Crippen LogP contribution in [-0.4, -0.2) is 23.5 Å². The van der Waals surface area contributed by atoms with Crippen LogP contribution in [0.15, 0.2) is 24.3 Å². The quantitative estimate of drug-likeness (QED) is 0.651. The minimum absolute atomic E-state index is 0.0461. The Kier molecular flexibility index (Phi) is 8.17. The van der Waals surface area contributed by atoms with Gasteiger partial charge < -0.3 is 10.4 Å². The number of benzene rings is 1. The van der Waals surface area contributed by atoms with Gasteiger partial charge in [-0.15, -0.1) is 0 Å². The minimum Gasteiger partial charge on any atom is -0.481 e. The van der Waals surface area contributed by atoms with Gasteiger partial charge in [-0.3, -0.25) is 9.59 Å². The Morgan fingerprint density at radius 3 is 2.24 bits per heavy atom. The molecule has 0 bridgehead atoms. The van der Waals surface area contributed by atoms with E-state index in [1.165, 1.54) is 5.56 Å². The zero-order chi connectivity index (χ0) is 15.5. The smallest absolute Gasteiger partial charge is 0.303 e. The van der Waals surface area contributed by atoms with E-state index in [4.69, 9.17) is 5.11 Å². The number of aryl methyl sites for hydroxylation is 1. The van der Waals surface area contributed by atoms with E-state index < -0.39 is 5.97 Å². The molecule has 116 valence electrons. The van der Waals surface area contributed by atoms with Crippen LogP contribution < -0.4 is 5.32 Å². The number of aliphatic carboxylic acids is 1. The van der Waals surface area contributed by atoms with Crippen molar-refractivity contribution in [1.82, 2.24) is 5.32 Å². The van der Waals surface area contributed by atoms with Crippen LogP contribution in [-0.2, 0) is 22.4 Å². The van der Waals surface area contributed by atoms with Crippen molar-refractivity contribution in [3.63, 3.8) is 0 Å². The highest BCUT2D eigenvalue weighted by molar-refractivity contribution is 5.78. The van der Waals surface area contributed by atoms with Crippen molar-refractivity contribution in [3.8, 4) is 0 Å². The van der Waals surface area contributed by atoms with Gasteiger partial charge in [-0.25, -0.2) is 0 Å². The summed E-state index contributed by atoms with van der Waals surface area (Å²) in [6, 6.07) is 8.13. The molecule has 1 rings (SSSR count). The number of rotatable bonds is 10. The summed E-state index contributed by atoms with van der Waals surface area (Å²) in [5.41, 5.74) is 2.31. The Bertz CT molecular complexity index is 440. The molecule has 0 unspecified atom stereocenters. The maximum absolute atomic E-state index is 11.8. The first kappa shape index (κ1) is 17.2. The molecule has 0 fully saturated rings. The van der Waals surface area contributed by atoms with Gasteiger partial charge in [-0.1, -0.05) is 44.0 Å². The minimum atomic E-state index is -0.739. The van der Waals surface area contributed by atoms with Crippen molar-refractivity contribution >= 4 is 11.9 Å². The summed E-state index contributed by atoms with van der Waals surface area (Å²) >= 11 is 0. The van der Waals surface area contributed by atoms with Gasteiger partial charge in [0, 0.05) is 13.0 Å². The lowest BCUT2D eigenvalue weighted by Gasteiger charge is -2.06. The summed E-state index contributed by atoms with van der Waals surface area (Å²) in [7, 11) is 0. The number of amides is 1. The summed E-state index contributed by atoms with van der Waals surface area (Å²) in [6.45, 7) is 2.77. The first-order valence-corrected chi connectivity index (χ1v) is 7.68. The molecule has 0 aliphatic rings. The normalized spacial score (nSPS) is 10.3. The highest BCUT2D eigenvalue weighted by Crippen LogP contribution is 2.06. The molecule has 0 atom stereocenters. The molecule has 1 aromatic carbocycles. The Hall–Kier alpha value is -1.84. The van der Waals surface area contributed by atoms with Crippen LogP contribution in [0.1, 0.15) is 50.2 Å². The second kappa shape index (κ2) is 9.97. The molecule has 2 N–H and O–H groups in total. The predicted octanol–water partition coefficient (Wildman–Crippen LogP) is 2.94. The van der Waals surface area contributed by atoms with Crippen molar-refractivity contribution in [3.05, 3.63) is 35.4 Å². The molecule has 1 aromatic rings. The van der Waals surface area contributed by atoms with Gasteiger partial charge in [0.2, 0.25) is 5.91 Å². The molecule has 0 radical (unpaired) electrons. The number of nitrogens with one attached hydrogen (secondary N) is 1. The third kappa shape index (κ3) is 8.12. The summed E-state index contributed by atoms with van der Waals surface area (Å²) in [6.07, 6.45) is 5.14. The molecule has 0 aromatic heterocycles. The second-order valence-electron chi connectivity index (χ2n) is 5.25. The molecule has 21 heavy (non-hydrogen) atoms. The molecule has 0 aliphatic carbocycles. The van der Waals surface area contributed by atoms with Gasteiger partial charge in [0.1, 0.15) is 0 Å². The summed E-state index contributed by atoms with van der Waals surface area (Å²) in [5.74, 6) is -0.692. The molecule has 0 saturated heterocycles. The standard InChI is InChI=1S/C17H25NO3/c1-2-14-8-10-15(11-9-14)13-16(19)18-12-6-4-3-5-7-17(20)21/h8-11H,2-7,12-13H2,1H3,(H,18,19)(H,20,21). The number of hydrogen-bond donors (Lipinski definition) is 2. The average Bonchev–Trinajstić information content (AvgIpc) is 2.46. The van der Waals surface area contributed by atoms with Gasteiger partial charge in [0.15, 0.2) is 0 Å². The number of carboxylic acid groups (broad SMARTS) is 1. The average molecular weight is 291 g/mol. The maximum Gasteiger partial charge on any atom is 0.303 e. The Morgan fingerprint density at radius 1 is 1.00 bits per heavy atom. The van der Waals surface area contributed by atoms with Crippen LogP contribution in [0.5, 0.6) is 0 Å². The van der Waals surface area contributed by atoms with E-state index in [0.717, 1.165) is 31.2 Å². The SMILES string of the molecule is CCc1ccc(CC(=O)NCCCCCCC(=O)O)cc1. The van der Waals surface area contributed by atoms with Crippen LogP contribution in [0.4, 0.5) is 0 Å². The van der Waals surface area contributed by atoms with Gasteiger partial charge in [-0.05, 0) is 30.4 Å². The third-order valence-corrected chi connectivity index (χ3v) is 3.44. The topological polar surface area (TPSA) is 66.4 Å². The largest absolute Gasteiger partial charge is 0.481 e. The van der Waals surface area contributed by atoms with Crippen LogP contribution in [0.2, 0.25) is 0 Å². The highest BCUT2D eigenvalue weighted by Gasteiger charge is 2.03. The molecule has 4 nitrogen and oxygen atoms in total. The monoisotopic (exact) mass is 291 g/mol. The Balaban J connectivity index is 2.09. The van der Waals surface area contributed by atoms with Crippen LogP contribution in [0, 0.1) is 0 Å². The lowest BCUT2D eigenvalue weighted by molar-refractivity contribution is -0.137. The summed E-state index contributed by atoms with van der Waals surface area (Å²) in [5, 5.41) is 11.4. The second-order valence-corrected chi connectivity index (χ2v) is 5.25. The van der Waals surface area contributed by atoms with Gasteiger partial charge >= 0.3 is 5.97 Å². The lowest BCUT2D eigenvalue weighted by Crippen LogP contribution is -2.26. The predicted molar refractivity (Wildman–Crippen MR) is 83.3 cm³/mol. The number of carbonyl (C=O) groups is 2. The lowest BCUT2D eigenvalue weighted by atomic mass is 10.1. The third-order valence-electron chi connectivity index (χ3n) is 3.44. The summed E-state index contributed by atoms with van der Waals surface area (Å²) in [4.78, 5) is 22.1. The molecular weight excluding hydrogens is 266 g/mol. The van der Waals surface area contributed by atoms with Crippen LogP contribution in [0.25, 0.3) is 0 Å². The number of carboxylic acids is 1. The van der Waals surface area contributed by atoms with E-state index >= 15 is 0 Å². The zero-order valence-corrected chi connectivity index (χ0v) is 12.7. The fourth-order valence-corrected chi connectivity index (χ4v) is 2.12. The number of carbonyl (C=O) groups excluding carboxylic acids is 1. The van der Waals surface area contributed by atoms with E-state index in [9.17, 15) is 9.59 Å². The fraction of sp³-hybridized carbons (Fsp3) is 0.529. The van der Waals surface area contributed by atoms with Crippen molar-refractivity contribution in [2.24, 2.45) is 0 Å². The maximum atomic E-state index is 11.8. The molecule has 0 spiro atoms. The van der Waals surface area contributed by atoms with Gasteiger partial charge in [-0.2, -0.15) is 0 Å². The molecular formula is C17H25NO3. The van der Waals surface area contributed by atoms with Crippen molar-refractivity contribution in [2.45, 2.75) is 51.9 Å². The van der Waals surface area contributed by atoms with E-state index in [0.29, 0.717) is 19.4 Å². The van der Waals surface area contributed by atoms with Crippen LogP contribution >= 0.6 is 0 Å². The van der Waals surface area contributed by atoms with E-state index in [1.54, 1.807) is 0 Å². The first-order valence-electron chi connectivity index (χ1n) is 7.68. The van der Waals surface area contributed by atoms with Crippen LogP contribution in [0.3, 0.4) is 0 Å². The van der Waals surface area contributed by atoms with Gasteiger partial charge in [0.25, 0.3) is 0 Å². The first-order chi connectivity index (χ1) is 10.1. The van der Waals surface area contributed by atoms with Crippen molar-refractivity contribution in [1.29, 1.82) is 0 Å². The molecule has 4 heteroatoms. The van der Waals surface area contributed by atoms with E-state index in [-0.39, 0.29) is 12.3 Å². The molecule has 1 amide bonds. The van der Waals surface area contributed by atoms with E-state index in [1.807, 2.05) is 12.1 Å². The number of unbranched alkanes of at least 4 members (excludes halogenated alkanes) is 3. The van der Waals surface area contributed by atoms with Gasteiger partial charge in [0.05, 0.1) is 6.42 Å².